The molecule has 0 spiro atoms. The van der Waals surface area contributed by atoms with Gasteiger partial charge in [-0.2, -0.15) is 0 Å². The number of anilines is 1. The maximum atomic E-state index is 12.1. The Morgan fingerprint density at radius 2 is 2.07 bits per heavy atom. The third-order valence-corrected chi connectivity index (χ3v) is 5.09. The summed E-state index contributed by atoms with van der Waals surface area (Å²) in [4.78, 5) is 34.4. The second-order valence-corrected chi connectivity index (χ2v) is 6.89. The van der Waals surface area contributed by atoms with Gasteiger partial charge in [0.25, 0.3) is 0 Å². The summed E-state index contributed by atoms with van der Waals surface area (Å²) in [6.45, 7) is 4.07. The monoisotopic (exact) mass is 365 g/mol. The van der Waals surface area contributed by atoms with Gasteiger partial charge in [0.15, 0.2) is 5.82 Å². The Kier molecular flexibility index (Phi) is 3.51. The fraction of sp³-hybridized carbons (Fsp3) is 0.333. The molecule has 3 amide bonds. The van der Waals surface area contributed by atoms with Crippen LogP contribution in [0.25, 0.3) is 16.9 Å². The van der Waals surface area contributed by atoms with Crippen LogP contribution < -0.4 is 15.5 Å². The van der Waals surface area contributed by atoms with Crippen LogP contribution in [0.3, 0.4) is 0 Å². The summed E-state index contributed by atoms with van der Waals surface area (Å²) in [7, 11) is 0. The molecule has 9 heteroatoms. The van der Waals surface area contributed by atoms with Crippen molar-refractivity contribution in [2.24, 2.45) is 0 Å². The molecule has 0 bridgehead atoms. The van der Waals surface area contributed by atoms with Gasteiger partial charge in [0.2, 0.25) is 5.91 Å². The van der Waals surface area contributed by atoms with Gasteiger partial charge in [0.1, 0.15) is 11.5 Å². The van der Waals surface area contributed by atoms with Gasteiger partial charge < -0.3 is 4.57 Å². The van der Waals surface area contributed by atoms with Crippen molar-refractivity contribution in [2.75, 3.05) is 18.0 Å². The molecule has 1 saturated heterocycles. The van der Waals surface area contributed by atoms with E-state index in [4.69, 9.17) is 4.98 Å². The first-order chi connectivity index (χ1) is 13.1. The fourth-order valence-corrected chi connectivity index (χ4v) is 3.68. The lowest BCUT2D eigenvalue weighted by atomic mass is 10.2. The molecule has 0 aliphatic carbocycles. The summed E-state index contributed by atoms with van der Waals surface area (Å²) in [6, 6.07) is 1.54. The number of urea groups is 1. The van der Waals surface area contributed by atoms with Crippen molar-refractivity contribution in [3.05, 3.63) is 36.0 Å². The number of nitrogens with zero attached hydrogens (tertiary/aromatic N) is 5. The number of imidazole rings is 1. The first-order valence-electron chi connectivity index (χ1n) is 8.96. The van der Waals surface area contributed by atoms with Crippen molar-refractivity contribution in [1.82, 2.24) is 29.7 Å². The van der Waals surface area contributed by atoms with Crippen LogP contribution in [0.4, 0.5) is 10.5 Å². The predicted octanol–water partition coefficient (Wildman–Crippen LogP) is 1.08. The standard InChI is InChI=1S/C18H19N7O2/c1-11-8-25(15-9-23-10-19-4-2-14(23)21-15)17-13(11)6-12(7-20-17)24-5-3-16(26)22-18(24)27/h6-9,19H,2-5,10H2,1H3,(H,22,26,27). The van der Waals surface area contributed by atoms with Crippen LogP contribution in [-0.2, 0) is 17.9 Å². The molecule has 0 radical (unpaired) electrons. The third kappa shape index (κ3) is 2.58. The van der Waals surface area contributed by atoms with Gasteiger partial charge in [-0.25, -0.2) is 14.8 Å². The van der Waals surface area contributed by atoms with Crippen LogP contribution in [0.5, 0.6) is 0 Å². The SMILES string of the molecule is Cc1cn(-c2cn3c(n2)CCNC3)c2ncc(N3CCC(=O)NC3=O)cc12. The molecular formula is C18H19N7O2. The Morgan fingerprint density at radius 3 is 2.89 bits per heavy atom. The van der Waals surface area contributed by atoms with Crippen LogP contribution in [0.1, 0.15) is 17.8 Å². The van der Waals surface area contributed by atoms with E-state index >= 15 is 0 Å². The van der Waals surface area contributed by atoms with Crippen molar-refractivity contribution in [2.45, 2.75) is 26.4 Å². The lowest BCUT2D eigenvalue weighted by Crippen LogP contribution is -2.49. The third-order valence-electron chi connectivity index (χ3n) is 5.09. The average Bonchev–Trinajstić information content (AvgIpc) is 3.23. The molecule has 27 heavy (non-hydrogen) atoms. The molecule has 3 aromatic heterocycles. The number of aryl methyl sites for hydroxylation is 1. The van der Waals surface area contributed by atoms with Gasteiger partial charge in [-0.15, -0.1) is 0 Å². The van der Waals surface area contributed by atoms with E-state index in [0.717, 1.165) is 47.9 Å². The highest BCUT2D eigenvalue weighted by molar-refractivity contribution is 6.06. The van der Waals surface area contributed by atoms with Crippen LogP contribution in [0.15, 0.2) is 24.7 Å². The van der Waals surface area contributed by atoms with Crippen LogP contribution in [0.2, 0.25) is 0 Å². The molecule has 138 valence electrons. The van der Waals surface area contributed by atoms with Gasteiger partial charge >= 0.3 is 6.03 Å². The fourth-order valence-electron chi connectivity index (χ4n) is 3.68. The number of pyridine rings is 1. The van der Waals surface area contributed by atoms with Gasteiger partial charge in [-0.3, -0.25) is 24.9 Å². The number of carbonyl (C=O) groups excluding carboxylic acids is 2. The number of carbonyl (C=O) groups is 2. The molecular weight excluding hydrogens is 346 g/mol. The molecule has 2 aliphatic heterocycles. The maximum Gasteiger partial charge on any atom is 0.328 e. The van der Waals surface area contributed by atoms with E-state index in [0.29, 0.717) is 12.2 Å². The smallest absolute Gasteiger partial charge is 0.319 e. The number of rotatable bonds is 2. The summed E-state index contributed by atoms with van der Waals surface area (Å²) in [5, 5.41) is 6.64. The lowest BCUT2D eigenvalue weighted by Gasteiger charge is -2.26. The van der Waals surface area contributed by atoms with E-state index in [1.807, 2.05) is 30.0 Å². The van der Waals surface area contributed by atoms with E-state index in [1.165, 1.54) is 0 Å². The molecule has 5 heterocycles. The van der Waals surface area contributed by atoms with Crippen molar-refractivity contribution < 1.29 is 9.59 Å². The largest absolute Gasteiger partial charge is 0.328 e. The summed E-state index contributed by atoms with van der Waals surface area (Å²) >= 11 is 0. The zero-order chi connectivity index (χ0) is 18.5. The molecule has 0 unspecified atom stereocenters. The molecule has 0 saturated carbocycles. The molecule has 2 aliphatic rings. The number of nitrogens with one attached hydrogen (secondary N) is 2. The zero-order valence-corrected chi connectivity index (χ0v) is 14.9. The van der Waals surface area contributed by atoms with E-state index in [1.54, 1.807) is 11.1 Å². The van der Waals surface area contributed by atoms with E-state index in [9.17, 15) is 9.59 Å². The highest BCUT2D eigenvalue weighted by atomic mass is 16.2. The lowest BCUT2D eigenvalue weighted by molar-refractivity contribution is -0.120. The molecule has 0 aromatic carbocycles. The highest BCUT2D eigenvalue weighted by Gasteiger charge is 2.25. The van der Waals surface area contributed by atoms with Crippen molar-refractivity contribution in [1.29, 1.82) is 0 Å². The molecule has 3 aromatic rings. The molecule has 2 N–H and O–H groups in total. The Hall–Kier alpha value is -3.20. The number of hydrogen-bond donors (Lipinski definition) is 2. The van der Waals surface area contributed by atoms with Gasteiger partial charge in [0.05, 0.1) is 24.7 Å². The first kappa shape index (κ1) is 16.0. The van der Waals surface area contributed by atoms with E-state index in [2.05, 4.69) is 20.2 Å². The Labute approximate surface area is 155 Å². The van der Waals surface area contributed by atoms with Gasteiger partial charge in [-0.05, 0) is 18.6 Å². The zero-order valence-electron chi connectivity index (χ0n) is 14.9. The number of fused-ring (bicyclic) bond motifs is 2. The second kappa shape index (κ2) is 5.92. The van der Waals surface area contributed by atoms with Crippen LogP contribution in [-0.4, -0.2) is 44.1 Å². The number of aromatic nitrogens is 4. The normalized spacial score (nSPS) is 17.3. The number of imide groups is 1. The summed E-state index contributed by atoms with van der Waals surface area (Å²) in [5.74, 6) is 1.66. The van der Waals surface area contributed by atoms with E-state index in [-0.39, 0.29) is 12.3 Å². The second-order valence-electron chi connectivity index (χ2n) is 6.89. The quantitative estimate of drug-likeness (QED) is 0.708. The number of amides is 3. The Morgan fingerprint density at radius 1 is 1.19 bits per heavy atom. The maximum absolute atomic E-state index is 12.1. The van der Waals surface area contributed by atoms with Crippen molar-refractivity contribution in [3.63, 3.8) is 0 Å². The molecule has 1 fully saturated rings. The topological polar surface area (TPSA) is 97.1 Å². The molecule has 5 rings (SSSR count). The van der Waals surface area contributed by atoms with Crippen molar-refractivity contribution >= 4 is 28.7 Å². The summed E-state index contributed by atoms with van der Waals surface area (Å²) in [6.07, 6.45) is 6.91. The summed E-state index contributed by atoms with van der Waals surface area (Å²) < 4.78 is 4.10. The van der Waals surface area contributed by atoms with Gasteiger partial charge in [-0.1, -0.05) is 0 Å². The van der Waals surface area contributed by atoms with Crippen LogP contribution in [0, 0.1) is 6.92 Å². The minimum Gasteiger partial charge on any atom is -0.319 e. The van der Waals surface area contributed by atoms with E-state index < -0.39 is 6.03 Å². The molecule has 0 atom stereocenters. The minimum absolute atomic E-state index is 0.245. The average molecular weight is 365 g/mol. The predicted molar refractivity (Wildman–Crippen MR) is 98.8 cm³/mol. The van der Waals surface area contributed by atoms with Gasteiger partial charge in [0, 0.05) is 37.5 Å². The Bertz CT molecular complexity index is 1060. The van der Waals surface area contributed by atoms with Crippen LogP contribution >= 0.6 is 0 Å². The highest BCUT2D eigenvalue weighted by Crippen LogP contribution is 2.27. The van der Waals surface area contributed by atoms with Crippen molar-refractivity contribution in [3.8, 4) is 5.82 Å². The first-order valence-corrected chi connectivity index (χ1v) is 8.96. The minimum atomic E-state index is -0.404. The Balaban J connectivity index is 1.56. The molecule has 9 nitrogen and oxygen atoms in total. The number of hydrogen-bond acceptors (Lipinski definition) is 5. The summed E-state index contributed by atoms with van der Waals surface area (Å²) in [5.41, 5.74) is 2.53.